The number of nitrogens with zero attached hydrogens (tertiary/aromatic N) is 2. The molecule has 1 aromatic carbocycles. The Morgan fingerprint density at radius 2 is 1.66 bits per heavy atom. The second-order valence-corrected chi connectivity index (χ2v) is 10.9. The van der Waals surface area contributed by atoms with Crippen molar-refractivity contribution < 1.29 is 40.7 Å². The van der Waals surface area contributed by atoms with Crippen LogP contribution < -0.4 is 5.32 Å². The minimum atomic E-state index is -4.92. The number of carbonyl (C=O) groups excluding carboxylic acids is 2. The van der Waals surface area contributed by atoms with Gasteiger partial charge in [-0.3, -0.25) is 14.5 Å². The first-order chi connectivity index (χ1) is 17.7. The molecule has 4 rings (SSSR count). The number of likely N-dealkylation sites (tertiary alicyclic amines) is 1. The van der Waals surface area contributed by atoms with E-state index < -0.39 is 36.2 Å². The molecule has 3 unspecified atom stereocenters. The molecule has 2 amide bonds. The quantitative estimate of drug-likeness (QED) is 0.402. The number of fused-ring (bicyclic) bond motifs is 1. The van der Waals surface area contributed by atoms with E-state index in [1.54, 1.807) is 4.90 Å². The molecule has 3 heterocycles. The van der Waals surface area contributed by atoms with Crippen LogP contribution >= 0.6 is 11.6 Å². The maximum atomic E-state index is 13.1. The second kappa shape index (κ2) is 10.8. The van der Waals surface area contributed by atoms with Crippen LogP contribution in [0.2, 0.25) is 0 Å². The van der Waals surface area contributed by atoms with Crippen molar-refractivity contribution in [2.45, 2.75) is 81.7 Å². The van der Waals surface area contributed by atoms with Crippen LogP contribution in [0.1, 0.15) is 55.7 Å². The van der Waals surface area contributed by atoms with E-state index >= 15 is 0 Å². The SMILES string of the molecule is CC1(NC(=O)CCl)CCN(C2CC(=O)N3CC(OCc4cc(C(F)(F)F)cc(C(F)(F)F)c4)CC3C2)CC1. The summed E-state index contributed by atoms with van der Waals surface area (Å²) in [6.45, 7) is 3.23. The van der Waals surface area contributed by atoms with Crippen LogP contribution in [0.5, 0.6) is 0 Å². The lowest BCUT2D eigenvalue weighted by Crippen LogP contribution is -2.57. The van der Waals surface area contributed by atoms with Gasteiger partial charge in [-0.05, 0) is 56.4 Å². The zero-order valence-electron chi connectivity index (χ0n) is 20.8. The molecule has 0 bridgehead atoms. The highest BCUT2D eigenvalue weighted by molar-refractivity contribution is 6.27. The van der Waals surface area contributed by atoms with Crippen LogP contribution in [0.3, 0.4) is 0 Å². The molecular formula is C25H30ClF6N3O3. The van der Waals surface area contributed by atoms with Gasteiger partial charge in [-0.25, -0.2) is 0 Å². The van der Waals surface area contributed by atoms with Gasteiger partial charge < -0.3 is 15.0 Å². The van der Waals surface area contributed by atoms with Gasteiger partial charge in [0, 0.05) is 43.7 Å². The van der Waals surface area contributed by atoms with Gasteiger partial charge in [0.2, 0.25) is 11.8 Å². The number of piperidine rings is 2. The molecule has 3 saturated heterocycles. The van der Waals surface area contributed by atoms with Crippen LogP contribution in [0.25, 0.3) is 0 Å². The molecule has 0 saturated carbocycles. The maximum Gasteiger partial charge on any atom is 0.416 e. The Labute approximate surface area is 221 Å². The predicted octanol–water partition coefficient (Wildman–Crippen LogP) is 4.58. The Balaban J connectivity index is 1.35. The molecule has 0 aromatic heterocycles. The van der Waals surface area contributed by atoms with Crippen molar-refractivity contribution in [1.82, 2.24) is 15.1 Å². The van der Waals surface area contributed by atoms with E-state index in [-0.39, 0.29) is 53.5 Å². The van der Waals surface area contributed by atoms with Crippen molar-refractivity contribution in [2.75, 3.05) is 25.5 Å². The molecule has 0 aliphatic carbocycles. The second-order valence-electron chi connectivity index (χ2n) is 10.7. The topological polar surface area (TPSA) is 61.9 Å². The van der Waals surface area contributed by atoms with E-state index in [2.05, 4.69) is 10.2 Å². The summed E-state index contributed by atoms with van der Waals surface area (Å²) in [4.78, 5) is 28.6. The molecule has 38 heavy (non-hydrogen) atoms. The van der Waals surface area contributed by atoms with Gasteiger partial charge >= 0.3 is 12.4 Å². The zero-order chi connectivity index (χ0) is 27.9. The molecule has 3 aliphatic heterocycles. The number of rotatable bonds is 6. The summed E-state index contributed by atoms with van der Waals surface area (Å²) in [5.41, 5.74) is -3.34. The summed E-state index contributed by atoms with van der Waals surface area (Å²) in [5, 5.41) is 2.96. The smallest absolute Gasteiger partial charge is 0.372 e. The largest absolute Gasteiger partial charge is 0.416 e. The molecule has 3 aliphatic rings. The monoisotopic (exact) mass is 569 g/mol. The fourth-order valence-electron chi connectivity index (χ4n) is 5.71. The number of hydrogen-bond donors (Lipinski definition) is 1. The maximum absolute atomic E-state index is 13.1. The van der Waals surface area contributed by atoms with E-state index in [9.17, 15) is 35.9 Å². The van der Waals surface area contributed by atoms with Crippen molar-refractivity contribution in [3.63, 3.8) is 0 Å². The number of amides is 2. The van der Waals surface area contributed by atoms with Gasteiger partial charge in [0.05, 0.1) is 23.8 Å². The number of halogens is 7. The molecule has 0 radical (unpaired) electrons. The highest BCUT2D eigenvalue weighted by atomic mass is 35.5. The summed E-state index contributed by atoms with van der Waals surface area (Å²) < 4.78 is 84.6. The number of ether oxygens (including phenoxy) is 1. The third-order valence-electron chi connectivity index (χ3n) is 7.76. The van der Waals surface area contributed by atoms with Gasteiger partial charge in [-0.2, -0.15) is 26.3 Å². The van der Waals surface area contributed by atoms with Crippen molar-refractivity contribution in [1.29, 1.82) is 0 Å². The van der Waals surface area contributed by atoms with Crippen LogP contribution in [0.4, 0.5) is 26.3 Å². The zero-order valence-corrected chi connectivity index (χ0v) is 21.6. The Bertz CT molecular complexity index is 1010. The Kier molecular flexibility index (Phi) is 8.26. The first kappa shape index (κ1) is 28.9. The molecule has 1 N–H and O–H groups in total. The van der Waals surface area contributed by atoms with Gasteiger partial charge in [0.15, 0.2) is 0 Å². The fourth-order valence-corrected chi connectivity index (χ4v) is 5.78. The average molecular weight is 570 g/mol. The molecule has 0 spiro atoms. The van der Waals surface area contributed by atoms with E-state index in [4.69, 9.17) is 16.3 Å². The fraction of sp³-hybridized carbons (Fsp3) is 0.680. The van der Waals surface area contributed by atoms with Gasteiger partial charge in [-0.15, -0.1) is 11.6 Å². The highest BCUT2D eigenvalue weighted by Crippen LogP contribution is 2.38. The molecule has 3 fully saturated rings. The van der Waals surface area contributed by atoms with Gasteiger partial charge in [0.25, 0.3) is 0 Å². The van der Waals surface area contributed by atoms with Crippen molar-refractivity contribution in [2.24, 2.45) is 0 Å². The predicted molar refractivity (Wildman–Crippen MR) is 126 cm³/mol. The standard InChI is InChI=1S/C25H30ClF6N3O3/c1-23(33-21(36)12-26)2-4-34(5-3-23)18-9-19-10-20(13-35(19)22(37)11-18)38-14-15-6-16(24(27,28)29)8-17(7-15)25(30,31)32/h6-8,18-20H,2-5,9-14H2,1H3,(H,33,36). The lowest BCUT2D eigenvalue weighted by molar-refractivity contribution is -0.143. The lowest BCUT2D eigenvalue weighted by atomic mass is 9.86. The summed E-state index contributed by atoms with van der Waals surface area (Å²) in [7, 11) is 0. The summed E-state index contributed by atoms with van der Waals surface area (Å²) in [5.74, 6) is -0.364. The van der Waals surface area contributed by atoms with E-state index in [0.717, 1.165) is 12.8 Å². The highest BCUT2D eigenvalue weighted by Gasteiger charge is 2.44. The van der Waals surface area contributed by atoms with Crippen LogP contribution in [0, 0.1) is 0 Å². The van der Waals surface area contributed by atoms with Gasteiger partial charge in [0.1, 0.15) is 5.88 Å². The molecule has 212 valence electrons. The molecule has 1 aromatic rings. The Morgan fingerprint density at radius 3 is 2.21 bits per heavy atom. The first-order valence-electron chi connectivity index (χ1n) is 12.5. The number of alkyl halides is 7. The first-order valence-corrected chi connectivity index (χ1v) is 13.0. The number of carbonyl (C=O) groups is 2. The third-order valence-corrected chi connectivity index (χ3v) is 8.01. The normalized spacial score (nSPS) is 26.4. The Morgan fingerprint density at radius 1 is 1.05 bits per heavy atom. The lowest BCUT2D eigenvalue weighted by Gasteiger charge is -2.46. The molecule has 6 nitrogen and oxygen atoms in total. The molecular weight excluding hydrogens is 540 g/mol. The average Bonchev–Trinajstić information content (AvgIpc) is 3.25. The Hall–Kier alpha value is -2.05. The van der Waals surface area contributed by atoms with Crippen molar-refractivity contribution in [3.05, 3.63) is 34.9 Å². The summed E-state index contributed by atoms with van der Waals surface area (Å²) in [6.07, 6.45) is -7.39. The van der Waals surface area contributed by atoms with Crippen LogP contribution in [-0.2, 0) is 33.3 Å². The van der Waals surface area contributed by atoms with E-state index in [1.165, 1.54) is 0 Å². The van der Waals surface area contributed by atoms with E-state index in [1.807, 2.05) is 6.92 Å². The molecule has 3 atom stereocenters. The number of nitrogens with one attached hydrogen (secondary N) is 1. The van der Waals surface area contributed by atoms with Crippen LogP contribution in [-0.4, -0.2) is 70.9 Å². The van der Waals surface area contributed by atoms with E-state index in [0.29, 0.717) is 44.5 Å². The van der Waals surface area contributed by atoms with Gasteiger partial charge in [-0.1, -0.05) is 0 Å². The number of benzene rings is 1. The van der Waals surface area contributed by atoms with Crippen molar-refractivity contribution in [3.8, 4) is 0 Å². The number of hydrogen-bond acceptors (Lipinski definition) is 4. The minimum Gasteiger partial charge on any atom is -0.372 e. The third kappa shape index (κ3) is 6.74. The summed E-state index contributed by atoms with van der Waals surface area (Å²) >= 11 is 5.60. The minimum absolute atomic E-state index is 0.0218. The van der Waals surface area contributed by atoms with Crippen molar-refractivity contribution >= 4 is 23.4 Å². The van der Waals surface area contributed by atoms with Crippen LogP contribution in [0.15, 0.2) is 18.2 Å². The molecule has 13 heteroatoms. The summed E-state index contributed by atoms with van der Waals surface area (Å²) in [6, 6.07) is 1.33.